The Hall–Kier alpha value is 0.100. The van der Waals surface area contributed by atoms with Gasteiger partial charge in [-0.1, -0.05) is 13.8 Å². The minimum absolute atomic E-state index is 0.0196. The number of aliphatic hydroxyl groups is 1. The maximum absolute atomic E-state index is 11.8. The summed E-state index contributed by atoms with van der Waals surface area (Å²) in [6, 6.07) is 0. The SMILES string of the molecule is CCC(C)SCC(O)CCCC(F)(F)F. The van der Waals surface area contributed by atoms with Crippen molar-refractivity contribution >= 4 is 11.8 Å². The van der Waals surface area contributed by atoms with E-state index >= 15 is 0 Å². The van der Waals surface area contributed by atoms with Gasteiger partial charge in [-0.2, -0.15) is 24.9 Å². The van der Waals surface area contributed by atoms with Crippen molar-refractivity contribution in [1.29, 1.82) is 0 Å². The summed E-state index contributed by atoms with van der Waals surface area (Å²) in [6.45, 7) is 4.10. The van der Waals surface area contributed by atoms with E-state index in [2.05, 4.69) is 0 Å². The van der Waals surface area contributed by atoms with Crippen LogP contribution in [0.2, 0.25) is 0 Å². The van der Waals surface area contributed by atoms with Crippen LogP contribution in [0.3, 0.4) is 0 Å². The molecule has 15 heavy (non-hydrogen) atoms. The van der Waals surface area contributed by atoms with Gasteiger partial charge in [-0.3, -0.25) is 0 Å². The molecule has 0 aromatic rings. The third-order valence-corrected chi connectivity index (χ3v) is 3.63. The highest BCUT2D eigenvalue weighted by Gasteiger charge is 2.26. The van der Waals surface area contributed by atoms with Crippen LogP contribution < -0.4 is 0 Å². The quantitative estimate of drug-likeness (QED) is 0.738. The van der Waals surface area contributed by atoms with Crippen LogP contribution in [-0.2, 0) is 0 Å². The highest BCUT2D eigenvalue weighted by Crippen LogP contribution is 2.23. The van der Waals surface area contributed by atoms with Crippen molar-refractivity contribution in [3.05, 3.63) is 0 Å². The van der Waals surface area contributed by atoms with Crippen molar-refractivity contribution in [1.82, 2.24) is 0 Å². The van der Waals surface area contributed by atoms with Gasteiger partial charge >= 0.3 is 6.18 Å². The summed E-state index contributed by atoms with van der Waals surface area (Å²) in [4.78, 5) is 0. The van der Waals surface area contributed by atoms with Crippen LogP contribution >= 0.6 is 11.8 Å². The Morgan fingerprint density at radius 2 is 1.93 bits per heavy atom. The fourth-order valence-corrected chi connectivity index (χ4v) is 1.97. The van der Waals surface area contributed by atoms with Gasteiger partial charge in [0.25, 0.3) is 0 Å². The van der Waals surface area contributed by atoms with E-state index in [1.165, 1.54) is 0 Å². The molecule has 0 aromatic heterocycles. The van der Waals surface area contributed by atoms with Crippen molar-refractivity contribution in [3.63, 3.8) is 0 Å². The van der Waals surface area contributed by atoms with Gasteiger partial charge in [-0.15, -0.1) is 0 Å². The lowest BCUT2D eigenvalue weighted by atomic mass is 10.2. The van der Waals surface area contributed by atoms with Crippen LogP contribution in [0.1, 0.15) is 39.5 Å². The van der Waals surface area contributed by atoms with Crippen molar-refractivity contribution in [2.24, 2.45) is 0 Å². The number of halogens is 3. The molecule has 0 amide bonds. The van der Waals surface area contributed by atoms with Crippen molar-refractivity contribution in [2.75, 3.05) is 5.75 Å². The average molecular weight is 244 g/mol. The lowest BCUT2D eigenvalue weighted by Gasteiger charge is -2.13. The van der Waals surface area contributed by atoms with Gasteiger partial charge < -0.3 is 5.11 Å². The molecule has 0 fully saturated rings. The zero-order valence-electron chi connectivity index (χ0n) is 9.18. The van der Waals surface area contributed by atoms with E-state index < -0.39 is 18.7 Å². The molecule has 0 spiro atoms. The molecule has 1 nitrogen and oxygen atoms in total. The van der Waals surface area contributed by atoms with Gasteiger partial charge in [0.15, 0.2) is 0 Å². The Labute approximate surface area is 93.4 Å². The normalized spacial score (nSPS) is 16.4. The largest absolute Gasteiger partial charge is 0.392 e. The molecule has 1 N–H and O–H groups in total. The van der Waals surface area contributed by atoms with E-state index in [0.29, 0.717) is 11.0 Å². The molecule has 0 radical (unpaired) electrons. The summed E-state index contributed by atoms with van der Waals surface area (Å²) < 4.78 is 35.4. The predicted molar refractivity (Wildman–Crippen MR) is 58.1 cm³/mol. The number of hydrogen-bond donors (Lipinski definition) is 1. The van der Waals surface area contributed by atoms with Gasteiger partial charge in [-0.25, -0.2) is 0 Å². The minimum Gasteiger partial charge on any atom is -0.392 e. The Morgan fingerprint density at radius 3 is 2.40 bits per heavy atom. The zero-order valence-corrected chi connectivity index (χ0v) is 10.00. The van der Waals surface area contributed by atoms with Crippen LogP contribution in [0, 0.1) is 0 Å². The molecule has 0 heterocycles. The van der Waals surface area contributed by atoms with E-state index in [1.807, 2.05) is 13.8 Å². The first-order valence-corrected chi connectivity index (χ1v) is 6.26. The molecule has 2 atom stereocenters. The van der Waals surface area contributed by atoms with Crippen molar-refractivity contribution in [3.8, 4) is 0 Å². The Morgan fingerprint density at radius 1 is 1.33 bits per heavy atom. The fourth-order valence-electron chi connectivity index (χ4n) is 1.01. The Kier molecular flexibility index (Phi) is 7.44. The number of hydrogen-bond acceptors (Lipinski definition) is 2. The molecule has 0 aliphatic rings. The standard InChI is InChI=1S/C10H19F3OS/c1-3-8(2)15-7-9(14)5-4-6-10(11,12)13/h8-9,14H,3-7H2,1-2H3. The lowest BCUT2D eigenvalue weighted by molar-refractivity contribution is -0.136. The monoisotopic (exact) mass is 244 g/mol. The van der Waals surface area contributed by atoms with Gasteiger partial charge in [0.2, 0.25) is 0 Å². The van der Waals surface area contributed by atoms with Gasteiger partial charge in [0, 0.05) is 17.4 Å². The predicted octanol–water partition coefficient (Wildman–Crippen LogP) is 3.61. The Balaban J connectivity index is 3.45. The smallest absolute Gasteiger partial charge is 0.389 e. The number of thioether (sulfide) groups is 1. The van der Waals surface area contributed by atoms with E-state index in [0.717, 1.165) is 6.42 Å². The van der Waals surface area contributed by atoms with Crippen LogP contribution in [-0.4, -0.2) is 28.4 Å². The summed E-state index contributed by atoms with van der Waals surface area (Å²) in [7, 11) is 0. The second-order valence-electron chi connectivity index (χ2n) is 3.71. The summed E-state index contributed by atoms with van der Waals surface area (Å²) in [5.41, 5.74) is 0. The molecule has 0 aromatic carbocycles. The number of alkyl halides is 3. The summed E-state index contributed by atoms with van der Waals surface area (Å²) >= 11 is 1.61. The molecule has 92 valence electrons. The first-order valence-electron chi connectivity index (χ1n) is 5.21. The van der Waals surface area contributed by atoms with Crippen LogP contribution in [0.25, 0.3) is 0 Å². The lowest BCUT2D eigenvalue weighted by Crippen LogP contribution is -2.14. The minimum atomic E-state index is -4.09. The van der Waals surface area contributed by atoms with Crippen LogP contribution in [0.15, 0.2) is 0 Å². The molecule has 0 saturated heterocycles. The molecular formula is C10H19F3OS. The third-order valence-electron chi connectivity index (χ3n) is 2.15. The van der Waals surface area contributed by atoms with Crippen molar-refractivity contribution in [2.45, 2.75) is 57.1 Å². The zero-order chi connectivity index (χ0) is 11.9. The highest BCUT2D eigenvalue weighted by atomic mass is 32.2. The molecular weight excluding hydrogens is 225 g/mol. The van der Waals surface area contributed by atoms with E-state index in [1.54, 1.807) is 11.8 Å². The van der Waals surface area contributed by atoms with E-state index in [-0.39, 0.29) is 12.8 Å². The number of rotatable bonds is 7. The summed E-state index contributed by atoms with van der Waals surface area (Å²) in [5.74, 6) is 0.535. The second kappa shape index (κ2) is 7.39. The summed E-state index contributed by atoms with van der Waals surface area (Å²) in [5, 5.41) is 9.86. The molecule has 5 heteroatoms. The van der Waals surface area contributed by atoms with Gasteiger partial charge in [-0.05, 0) is 19.3 Å². The number of aliphatic hydroxyl groups excluding tert-OH is 1. The van der Waals surface area contributed by atoms with E-state index in [4.69, 9.17) is 0 Å². The molecule has 0 aliphatic carbocycles. The van der Waals surface area contributed by atoms with Gasteiger partial charge in [0.1, 0.15) is 0 Å². The van der Waals surface area contributed by atoms with Crippen LogP contribution in [0.5, 0.6) is 0 Å². The second-order valence-corrected chi connectivity index (χ2v) is 5.18. The fraction of sp³-hybridized carbons (Fsp3) is 1.00. The maximum atomic E-state index is 11.8. The molecule has 0 saturated carbocycles. The Bertz CT molecular complexity index is 161. The third kappa shape index (κ3) is 10.4. The molecule has 0 bridgehead atoms. The van der Waals surface area contributed by atoms with Crippen LogP contribution in [0.4, 0.5) is 13.2 Å². The maximum Gasteiger partial charge on any atom is 0.389 e. The summed E-state index contributed by atoms with van der Waals surface area (Å²) in [6.07, 6.45) is -4.22. The van der Waals surface area contributed by atoms with Crippen molar-refractivity contribution < 1.29 is 18.3 Å². The molecule has 0 aliphatic heterocycles. The first kappa shape index (κ1) is 15.1. The average Bonchev–Trinajstić information content (AvgIpc) is 2.12. The topological polar surface area (TPSA) is 20.2 Å². The molecule has 0 rings (SSSR count). The van der Waals surface area contributed by atoms with Gasteiger partial charge in [0.05, 0.1) is 6.10 Å². The van der Waals surface area contributed by atoms with E-state index in [9.17, 15) is 18.3 Å². The first-order chi connectivity index (χ1) is 6.85. The molecule has 2 unspecified atom stereocenters. The highest BCUT2D eigenvalue weighted by molar-refractivity contribution is 7.99.